The van der Waals surface area contributed by atoms with Crippen molar-refractivity contribution in [3.05, 3.63) is 70.8 Å². The van der Waals surface area contributed by atoms with Gasteiger partial charge in [-0.3, -0.25) is 9.69 Å². The molecule has 1 aliphatic rings. The molecule has 1 saturated heterocycles. The fraction of sp³-hybridized carbons (Fsp3) is 0.391. The topological polar surface area (TPSA) is 69.6 Å². The third-order valence-corrected chi connectivity index (χ3v) is 5.64. The lowest BCUT2D eigenvalue weighted by molar-refractivity contribution is -0.137. The number of likely N-dealkylation sites (tertiary alicyclic amines) is 1. The highest BCUT2D eigenvalue weighted by atomic mass is 19.4. The Labute approximate surface area is 183 Å². The Balaban J connectivity index is 1.68. The number of carbonyl (C=O) groups excluding carboxylic acids is 1. The molecule has 0 saturated carbocycles. The zero-order valence-electron chi connectivity index (χ0n) is 17.4. The number of carbonyl (C=O) groups is 2. The second kappa shape index (κ2) is 9.68. The van der Waals surface area contributed by atoms with Crippen LogP contribution < -0.4 is 5.32 Å². The van der Waals surface area contributed by atoms with Gasteiger partial charge in [0, 0.05) is 19.5 Å². The number of rotatable bonds is 6. The van der Waals surface area contributed by atoms with E-state index >= 15 is 0 Å². The van der Waals surface area contributed by atoms with Gasteiger partial charge in [-0.15, -0.1) is 0 Å². The van der Waals surface area contributed by atoms with Gasteiger partial charge in [0.15, 0.2) is 0 Å². The summed E-state index contributed by atoms with van der Waals surface area (Å²) in [6, 6.07) is 9.62. The number of halogens is 4. The molecule has 32 heavy (non-hydrogen) atoms. The Morgan fingerprint density at radius 1 is 1.12 bits per heavy atom. The van der Waals surface area contributed by atoms with Crippen LogP contribution in [-0.2, 0) is 17.5 Å². The molecule has 0 bridgehead atoms. The van der Waals surface area contributed by atoms with Crippen LogP contribution in [0.25, 0.3) is 0 Å². The van der Waals surface area contributed by atoms with Crippen LogP contribution in [0.2, 0.25) is 0 Å². The van der Waals surface area contributed by atoms with Crippen LogP contribution in [-0.4, -0.2) is 40.6 Å². The molecule has 0 radical (unpaired) electrons. The van der Waals surface area contributed by atoms with Gasteiger partial charge in [0.25, 0.3) is 0 Å². The van der Waals surface area contributed by atoms with E-state index in [2.05, 4.69) is 5.32 Å². The fourth-order valence-electron chi connectivity index (χ4n) is 3.77. The van der Waals surface area contributed by atoms with Crippen molar-refractivity contribution in [2.75, 3.05) is 6.54 Å². The standard InChI is InChI=1S/C23H24F4N2O3/c1-14(16-4-6-17(7-5-16)22(31)32)28-21(30)20-12-19(24)10-11-29(20)13-15-2-8-18(9-3-15)23(25,26)27/h2-9,14,19-20H,10-13H2,1H3,(H,28,30)(H,31,32)/t14-,19?,20?/m0/s1. The normalized spacial score (nSPS) is 20.5. The Hall–Kier alpha value is -2.94. The minimum Gasteiger partial charge on any atom is -0.478 e. The highest BCUT2D eigenvalue weighted by molar-refractivity contribution is 5.87. The predicted octanol–water partition coefficient (Wildman–Crippen LogP) is 4.58. The quantitative estimate of drug-likeness (QED) is 0.630. The van der Waals surface area contributed by atoms with Crippen LogP contribution in [0.15, 0.2) is 48.5 Å². The lowest BCUT2D eigenvalue weighted by Crippen LogP contribution is -2.51. The van der Waals surface area contributed by atoms with Crippen LogP contribution in [0.4, 0.5) is 17.6 Å². The van der Waals surface area contributed by atoms with Crippen molar-refractivity contribution in [2.24, 2.45) is 0 Å². The van der Waals surface area contributed by atoms with Crippen LogP contribution in [0.3, 0.4) is 0 Å². The lowest BCUT2D eigenvalue weighted by atomic mass is 9.97. The van der Waals surface area contributed by atoms with Crippen molar-refractivity contribution in [3.63, 3.8) is 0 Å². The highest BCUT2D eigenvalue weighted by Gasteiger charge is 2.34. The number of nitrogens with one attached hydrogen (secondary N) is 1. The molecule has 1 aliphatic heterocycles. The number of amides is 1. The first kappa shape index (κ1) is 23.7. The Bertz CT molecular complexity index is 945. The number of alkyl halides is 4. The monoisotopic (exact) mass is 452 g/mol. The summed E-state index contributed by atoms with van der Waals surface area (Å²) >= 11 is 0. The summed E-state index contributed by atoms with van der Waals surface area (Å²) in [7, 11) is 0. The maximum Gasteiger partial charge on any atom is 0.416 e. The summed E-state index contributed by atoms with van der Waals surface area (Å²) in [5.74, 6) is -1.43. The van der Waals surface area contributed by atoms with Crippen molar-refractivity contribution in [3.8, 4) is 0 Å². The lowest BCUT2D eigenvalue weighted by Gasteiger charge is -2.36. The Morgan fingerprint density at radius 3 is 2.31 bits per heavy atom. The van der Waals surface area contributed by atoms with E-state index in [0.29, 0.717) is 17.7 Å². The first-order valence-electron chi connectivity index (χ1n) is 10.2. The molecule has 2 N–H and O–H groups in total. The highest BCUT2D eigenvalue weighted by Crippen LogP contribution is 2.30. The number of carboxylic acid groups (broad SMARTS) is 1. The first-order chi connectivity index (χ1) is 15.0. The van der Waals surface area contributed by atoms with Gasteiger partial charge in [0.1, 0.15) is 6.17 Å². The molecule has 1 fully saturated rings. The number of nitrogens with zero attached hydrogens (tertiary/aromatic N) is 1. The number of hydrogen-bond donors (Lipinski definition) is 2. The van der Waals surface area contributed by atoms with Gasteiger partial charge in [0.05, 0.1) is 23.2 Å². The summed E-state index contributed by atoms with van der Waals surface area (Å²) in [5.41, 5.74) is 0.680. The Kier molecular flexibility index (Phi) is 7.18. The molecule has 9 heteroatoms. The minimum atomic E-state index is -4.42. The van der Waals surface area contributed by atoms with E-state index in [0.717, 1.165) is 12.1 Å². The van der Waals surface area contributed by atoms with E-state index in [9.17, 15) is 27.2 Å². The van der Waals surface area contributed by atoms with Gasteiger partial charge in [-0.05, 0) is 48.7 Å². The van der Waals surface area contributed by atoms with Gasteiger partial charge in [0.2, 0.25) is 5.91 Å². The smallest absolute Gasteiger partial charge is 0.416 e. The number of piperidine rings is 1. The van der Waals surface area contributed by atoms with E-state index in [4.69, 9.17) is 5.11 Å². The molecule has 2 aromatic rings. The molecule has 2 unspecified atom stereocenters. The van der Waals surface area contributed by atoms with Gasteiger partial charge in [-0.1, -0.05) is 24.3 Å². The maximum absolute atomic E-state index is 14.1. The third kappa shape index (κ3) is 5.85. The summed E-state index contributed by atoms with van der Waals surface area (Å²) in [6.07, 6.45) is -5.32. The van der Waals surface area contributed by atoms with Gasteiger partial charge in [-0.2, -0.15) is 13.2 Å². The molecule has 1 amide bonds. The first-order valence-corrected chi connectivity index (χ1v) is 10.2. The number of benzene rings is 2. The van der Waals surface area contributed by atoms with E-state index in [1.54, 1.807) is 24.0 Å². The number of hydrogen-bond acceptors (Lipinski definition) is 3. The third-order valence-electron chi connectivity index (χ3n) is 5.64. The van der Waals surface area contributed by atoms with Crippen molar-refractivity contribution in [1.29, 1.82) is 0 Å². The zero-order chi connectivity index (χ0) is 23.5. The SMILES string of the molecule is C[C@H](NC(=O)C1CC(F)CCN1Cc1ccc(C(F)(F)F)cc1)c1ccc(C(=O)O)cc1. The largest absolute Gasteiger partial charge is 0.478 e. The molecular weight excluding hydrogens is 428 g/mol. The van der Waals surface area contributed by atoms with Crippen LogP contribution in [0.1, 0.15) is 52.9 Å². The van der Waals surface area contributed by atoms with Gasteiger partial charge < -0.3 is 10.4 Å². The molecule has 2 aromatic carbocycles. The van der Waals surface area contributed by atoms with Crippen molar-refractivity contribution < 1.29 is 32.3 Å². The average molecular weight is 452 g/mol. The minimum absolute atomic E-state index is 0.00284. The Morgan fingerprint density at radius 2 is 1.75 bits per heavy atom. The van der Waals surface area contributed by atoms with E-state index < -0.39 is 36.0 Å². The molecule has 5 nitrogen and oxygen atoms in total. The summed E-state index contributed by atoms with van der Waals surface area (Å²) in [6.45, 7) is 2.27. The average Bonchev–Trinajstić information content (AvgIpc) is 2.74. The van der Waals surface area contributed by atoms with Crippen LogP contribution in [0.5, 0.6) is 0 Å². The van der Waals surface area contributed by atoms with Crippen molar-refractivity contribution >= 4 is 11.9 Å². The van der Waals surface area contributed by atoms with Crippen molar-refractivity contribution in [2.45, 2.75) is 50.7 Å². The molecule has 3 atom stereocenters. The summed E-state index contributed by atoms with van der Waals surface area (Å²) in [4.78, 5) is 25.7. The zero-order valence-corrected chi connectivity index (χ0v) is 17.4. The van der Waals surface area contributed by atoms with Gasteiger partial charge >= 0.3 is 12.1 Å². The molecule has 172 valence electrons. The second-order valence-electron chi connectivity index (χ2n) is 7.96. The summed E-state index contributed by atoms with van der Waals surface area (Å²) < 4.78 is 52.4. The molecule has 0 spiro atoms. The van der Waals surface area contributed by atoms with E-state index in [-0.39, 0.29) is 30.9 Å². The predicted molar refractivity (Wildman–Crippen MR) is 110 cm³/mol. The number of carboxylic acids is 1. The fourth-order valence-corrected chi connectivity index (χ4v) is 3.77. The van der Waals surface area contributed by atoms with E-state index in [1.807, 2.05) is 0 Å². The van der Waals surface area contributed by atoms with Crippen LogP contribution >= 0.6 is 0 Å². The molecule has 0 aromatic heterocycles. The maximum atomic E-state index is 14.1. The van der Waals surface area contributed by atoms with Crippen molar-refractivity contribution in [1.82, 2.24) is 10.2 Å². The molecule has 0 aliphatic carbocycles. The summed E-state index contributed by atoms with van der Waals surface area (Å²) in [5, 5.41) is 11.8. The molecule has 1 heterocycles. The number of aromatic carboxylic acids is 1. The molecule has 3 rings (SSSR count). The molecular formula is C23H24F4N2O3. The van der Waals surface area contributed by atoms with E-state index in [1.165, 1.54) is 24.3 Å². The van der Waals surface area contributed by atoms with Crippen LogP contribution in [0, 0.1) is 0 Å². The second-order valence-corrected chi connectivity index (χ2v) is 7.96. The van der Waals surface area contributed by atoms with Gasteiger partial charge in [-0.25, -0.2) is 9.18 Å².